The van der Waals surface area contributed by atoms with Crippen molar-refractivity contribution >= 4 is 22.2 Å². The minimum Gasteiger partial charge on any atom is -0.390 e. The van der Waals surface area contributed by atoms with Gasteiger partial charge in [-0.1, -0.05) is 0 Å². The van der Waals surface area contributed by atoms with Gasteiger partial charge < -0.3 is 10.0 Å². The van der Waals surface area contributed by atoms with Gasteiger partial charge in [-0.05, 0) is 12.8 Å². The summed E-state index contributed by atoms with van der Waals surface area (Å²) in [5, 5.41) is 11.4. The van der Waals surface area contributed by atoms with Crippen molar-refractivity contribution in [1.82, 2.24) is 19.2 Å². The van der Waals surface area contributed by atoms with Crippen LogP contribution in [0.3, 0.4) is 0 Å². The third-order valence-electron chi connectivity index (χ3n) is 4.27. The van der Waals surface area contributed by atoms with Gasteiger partial charge in [0.2, 0.25) is 0 Å². The van der Waals surface area contributed by atoms with Crippen LogP contribution in [0.25, 0.3) is 4.96 Å². The van der Waals surface area contributed by atoms with Crippen LogP contribution in [-0.2, 0) is 6.54 Å². The van der Waals surface area contributed by atoms with Crippen molar-refractivity contribution in [2.45, 2.75) is 25.5 Å². The van der Waals surface area contributed by atoms with Gasteiger partial charge in [0.25, 0.3) is 5.91 Å². The van der Waals surface area contributed by atoms with Crippen molar-refractivity contribution in [3.8, 4) is 0 Å². The van der Waals surface area contributed by atoms with Gasteiger partial charge in [-0.25, -0.2) is 4.98 Å². The number of aliphatic hydroxyl groups excluding tert-OH is 1. The van der Waals surface area contributed by atoms with Crippen molar-refractivity contribution < 1.29 is 9.90 Å². The molecule has 0 unspecified atom stereocenters. The quantitative estimate of drug-likeness (QED) is 0.911. The van der Waals surface area contributed by atoms with Crippen LogP contribution in [0.2, 0.25) is 0 Å². The fourth-order valence-electron chi connectivity index (χ4n) is 3.11. The number of carbonyl (C=O) groups is 1. The first-order chi connectivity index (χ1) is 10.2. The number of hydrogen-bond acceptors (Lipinski definition) is 5. The molecule has 0 bridgehead atoms. The van der Waals surface area contributed by atoms with E-state index in [0.29, 0.717) is 25.3 Å². The van der Waals surface area contributed by atoms with Crippen LogP contribution in [0.15, 0.2) is 11.6 Å². The number of rotatable bonds is 3. The molecule has 1 amide bonds. The molecule has 21 heavy (non-hydrogen) atoms. The molecule has 6 nitrogen and oxygen atoms in total. The Kier molecular flexibility index (Phi) is 3.20. The maximum absolute atomic E-state index is 12.7. The fraction of sp³-hybridized carbons (Fsp3) is 0.571. The summed E-state index contributed by atoms with van der Waals surface area (Å²) in [5.41, 5.74) is 1.54. The molecule has 112 valence electrons. The smallest absolute Gasteiger partial charge is 0.274 e. The number of amides is 1. The van der Waals surface area contributed by atoms with Crippen LogP contribution in [0.4, 0.5) is 0 Å². The second-order valence-electron chi connectivity index (χ2n) is 5.81. The summed E-state index contributed by atoms with van der Waals surface area (Å²) < 4.78 is 2.01. The van der Waals surface area contributed by atoms with E-state index in [-0.39, 0.29) is 12.0 Å². The molecule has 4 heterocycles. The molecule has 1 N–H and O–H groups in total. The second kappa shape index (κ2) is 5.08. The van der Waals surface area contributed by atoms with Crippen molar-refractivity contribution in [2.75, 3.05) is 26.2 Å². The molecule has 2 fully saturated rings. The molecule has 4 rings (SSSR count). The Labute approximate surface area is 126 Å². The minimum atomic E-state index is -0.228. The zero-order chi connectivity index (χ0) is 14.4. The predicted octanol–water partition coefficient (Wildman–Crippen LogP) is 0.808. The maximum atomic E-state index is 12.7. The monoisotopic (exact) mass is 306 g/mol. The van der Waals surface area contributed by atoms with Crippen LogP contribution in [0, 0.1) is 0 Å². The van der Waals surface area contributed by atoms with Crippen molar-refractivity contribution in [2.24, 2.45) is 0 Å². The molecule has 0 spiro atoms. The number of β-amino-alcohol motifs (C(OH)–C–C–N with tert-alkyl or cyclic N) is 1. The Bertz CT molecular complexity index is 668. The topological polar surface area (TPSA) is 61.1 Å². The van der Waals surface area contributed by atoms with E-state index in [1.165, 1.54) is 0 Å². The Morgan fingerprint density at radius 3 is 2.86 bits per heavy atom. The predicted molar refractivity (Wildman–Crippen MR) is 79.5 cm³/mol. The maximum Gasteiger partial charge on any atom is 0.274 e. The van der Waals surface area contributed by atoms with Crippen LogP contribution in [-0.4, -0.2) is 62.5 Å². The second-order valence-corrected chi connectivity index (χ2v) is 6.68. The lowest BCUT2D eigenvalue weighted by atomic mass is 10.1. The summed E-state index contributed by atoms with van der Waals surface area (Å²) in [7, 11) is 0. The first kappa shape index (κ1) is 13.2. The normalized spacial score (nSPS) is 20.3. The van der Waals surface area contributed by atoms with Gasteiger partial charge in [0.15, 0.2) is 10.7 Å². The number of fused-ring (bicyclic) bond motifs is 1. The molecule has 2 aromatic rings. The van der Waals surface area contributed by atoms with Crippen molar-refractivity contribution in [1.29, 1.82) is 0 Å². The highest BCUT2D eigenvalue weighted by Gasteiger charge is 2.30. The number of imidazole rings is 1. The van der Waals surface area contributed by atoms with Gasteiger partial charge in [0.05, 0.1) is 11.8 Å². The molecule has 2 aliphatic heterocycles. The van der Waals surface area contributed by atoms with E-state index in [2.05, 4.69) is 9.88 Å². The summed E-state index contributed by atoms with van der Waals surface area (Å²) in [6.45, 7) is 3.70. The Hall–Kier alpha value is -1.44. The van der Waals surface area contributed by atoms with Crippen LogP contribution in [0.5, 0.6) is 0 Å². The Morgan fingerprint density at radius 1 is 1.38 bits per heavy atom. The number of thiazole rings is 1. The number of nitrogens with zero attached hydrogens (tertiary/aromatic N) is 4. The largest absolute Gasteiger partial charge is 0.390 e. The average Bonchev–Trinajstić information content (AvgIpc) is 3.14. The van der Waals surface area contributed by atoms with Crippen LogP contribution in [0.1, 0.15) is 29.0 Å². The third-order valence-corrected chi connectivity index (χ3v) is 5.02. The summed E-state index contributed by atoms with van der Waals surface area (Å²) in [5.74, 6) is 0.0551. The van der Waals surface area contributed by atoms with Gasteiger partial charge in [-0.15, -0.1) is 11.3 Å². The van der Waals surface area contributed by atoms with E-state index in [0.717, 1.165) is 36.6 Å². The number of aromatic nitrogens is 2. The molecular weight excluding hydrogens is 288 g/mol. The molecule has 0 atom stereocenters. The van der Waals surface area contributed by atoms with Crippen molar-refractivity contribution in [3.63, 3.8) is 0 Å². The number of carbonyl (C=O) groups excluding carboxylic acids is 1. The summed E-state index contributed by atoms with van der Waals surface area (Å²) in [6, 6.07) is 0. The Morgan fingerprint density at radius 2 is 2.14 bits per heavy atom. The van der Waals surface area contributed by atoms with Gasteiger partial charge >= 0.3 is 0 Å². The molecule has 0 radical (unpaired) electrons. The number of hydrogen-bond donors (Lipinski definition) is 1. The Balaban J connectivity index is 1.66. The van der Waals surface area contributed by atoms with Gasteiger partial charge in [0, 0.05) is 44.3 Å². The molecule has 0 aromatic carbocycles. The lowest BCUT2D eigenvalue weighted by molar-refractivity contribution is -0.00381. The number of aliphatic hydroxyl groups is 1. The van der Waals surface area contributed by atoms with Crippen LogP contribution < -0.4 is 0 Å². The first-order valence-electron chi connectivity index (χ1n) is 7.36. The van der Waals surface area contributed by atoms with E-state index in [4.69, 9.17) is 0 Å². The van der Waals surface area contributed by atoms with E-state index in [1.54, 1.807) is 11.3 Å². The van der Waals surface area contributed by atoms with E-state index in [9.17, 15) is 9.90 Å². The first-order valence-corrected chi connectivity index (χ1v) is 8.24. The lowest BCUT2D eigenvalue weighted by Crippen LogP contribution is -2.50. The highest BCUT2D eigenvalue weighted by molar-refractivity contribution is 7.15. The van der Waals surface area contributed by atoms with E-state index >= 15 is 0 Å². The van der Waals surface area contributed by atoms with E-state index in [1.807, 2.05) is 20.9 Å². The molecule has 0 aliphatic carbocycles. The molecular formula is C14H18N4O2S. The highest BCUT2D eigenvalue weighted by Crippen LogP contribution is 2.23. The van der Waals surface area contributed by atoms with Gasteiger partial charge in [-0.2, -0.15) is 0 Å². The molecule has 2 aromatic heterocycles. The van der Waals surface area contributed by atoms with Crippen molar-refractivity contribution in [3.05, 3.63) is 23.0 Å². The summed E-state index contributed by atoms with van der Waals surface area (Å²) in [6.07, 6.45) is 3.91. The fourth-order valence-corrected chi connectivity index (χ4v) is 3.84. The zero-order valence-electron chi connectivity index (χ0n) is 11.7. The van der Waals surface area contributed by atoms with Gasteiger partial charge in [-0.3, -0.25) is 14.1 Å². The van der Waals surface area contributed by atoms with Crippen LogP contribution >= 0.6 is 11.3 Å². The van der Waals surface area contributed by atoms with Gasteiger partial charge in [0.1, 0.15) is 0 Å². The minimum absolute atomic E-state index is 0.0551. The average molecular weight is 306 g/mol. The van der Waals surface area contributed by atoms with E-state index < -0.39 is 0 Å². The molecule has 2 saturated heterocycles. The SMILES string of the molecule is O=C(c1nc2sccn2c1CN1CC(O)C1)N1CCCC1. The lowest BCUT2D eigenvalue weighted by Gasteiger charge is -2.35. The number of likely N-dealkylation sites (tertiary alicyclic amines) is 2. The standard InChI is InChI=1S/C14H18N4O2S/c19-10-7-16(8-10)9-11-12(13(20)17-3-1-2-4-17)15-14-18(11)5-6-21-14/h5-6,10,19H,1-4,7-9H2. The molecule has 7 heteroatoms. The third kappa shape index (κ3) is 2.25. The highest BCUT2D eigenvalue weighted by atomic mass is 32.1. The summed E-state index contributed by atoms with van der Waals surface area (Å²) in [4.78, 5) is 22.1. The zero-order valence-corrected chi connectivity index (χ0v) is 12.6. The summed E-state index contributed by atoms with van der Waals surface area (Å²) >= 11 is 1.55. The molecule has 0 saturated carbocycles. The molecule has 2 aliphatic rings.